The van der Waals surface area contributed by atoms with Gasteiger partial charge in [-0.3, -0.25) is 4.79 Å². The van der Waals surface area contributed by atoms with Crippen molar-refractivity contribution in [2.45, 2.75) is 39.7 Å². The monoisotopic (exact) mass is 288 g/mol. The smallest absolute Gasteiger partial charge is 0.340 e. The Morgan fingerprint density at radius 3 is 2.62 bits per heavy atom. The van der Waals surface area contributed by atoms with Gasteiger partial charge in [-0.05, 0) is 45.4 Å². The second kappa shape index (κ2) is 5.24. The van der Waals surface area contributed by atoms with Gasteiger partial charge in [0.2, 0.25) is 5.91 Å². The summed E-state index contributed by atoms with van der Waals surface area (Å²) >= 11 is 0. The summed E-state index contributed by atoms with van der Waals surface area (Å²) in [6.07, 6.45) is 0.00571. The second-order valence-electron chi connectivity index (χ2n) is 6.22. The molecular weight excluding hydrogens is 268 g/mol. The van der Waals surface area contributed by atoms with E-state index in [1.165, 1.54) is 0 Å². The minimum absolute atomic E-state index is 0.00571. The number of benzene rings is 1. The Hall–Kier alpha value is -2.30. The van der Waals surface area contributed by atoms with E-state index in [-0.39, 0.29) is 17.9 Å². The Labute approximate surface area is 123 Å². The van der Waals surface area contributed by atoms with E-state index >= 15 is 0 Å². The average Bonchev–Trinajstić information content (AvgIpc) is 2.31. The van der Waals surface area contributed by atoms with E-state index in [0.29, 0.717) is 16.8 Å². The van der Waals surface area contributed by atoms with Crippen LogP contribution < -0.4 is 16.7 Å². The van der Waals surface area contributed by atoms with Crippen LogP contribution in [0.25, 0.3) is 11.0 Å². The molecular formula is C16H20N2O3. The zero-order valence-electron chi connectivity index (χ0n) is 12.7. The zero-order chi connectivity index (χ0) is 15.8. The first-order valence-electron chi connectivity index (χ1n) is 6.80. The quantitative estimate of drug-likeness (QED) is 0.655. The maximum absolute atomic E-state index is 12.1. The van der Waals surface area contributed by atoms with Gasteiger partial charge >= 0.3 is 5.63 Å². The van der Waals surface area contributed by atoms with Gasteiger partial charge in [0, 0.05) is 22.7 Å². The molecule has 3 N–H and O–H groups in total. The lowest BCUT2D eigenvalue weighted by Gasteiger charge is -2.20. The van der Waals surface area contributed by atoms with E-state index < -0.39 is 5.63 Å². The molecule has 0 aliphatic carbocycles. The molecule has 0 bridgehead atoms. The maximum Gasteiger partial charge on any atom is 0.340 e. The molecule has 5 nitrogen and oxygen atoms in total. The van der Waals surface area contributed by atoms with Gasteiger partial charge in [-0.15, -0.1) is 0 Å². The number of anilines is 1. The molecule has 0 saturated carbocycles. The Kier molecular flexibility index (Phi) is 3.77. The summed E-state index contributed by atoms with van der Waals surface area (Å²) < 4.78 is 5.27. The van der Waals surface area contributed by atoms with Crippen LogP contribution in [0, 0.1) is 6.92 Å². The highest BCUT2D eigenvalue weighted by Gasteiger charge is 2.18. The number of amides is 1. The molecule has 0 aliphatic heterocycles. The lowest BCUT2D eigenvalue weighted by atomic mass is 10.0. The Balaban J connectivity index is 2.43. The van der Waals surface area contributed by atoms with E-state index in [0.717, 1.165) is 10.9 Å². The van der Waals surface area contributed by atoms with Crippen LogP contribution in [0.1, 0.15) is 31.9 Å². The summed E-state index contributed by atoms with van der Waals surface area (Å²) in [6.45, 7) is 7.49. The standard InChI is InChI=1S/C16H20N2O3/c1-9-11-6-5-10(17)7-13(11)21-15(20)12(9)8-14(19)18-16(2,3)4/h5-7H,8,17H2,1-4H3,(H,18,19). The summed E-state index contributed by atoms with van der Waals surface area (Å²) in [6, 6.07) is 5.16. The number of aryl methyl sites for hydroxylation is 1. The van der Waals surface area contributed by atoms with Crippen molar-refractivity contribution in [2.75, 3.05) is 5.73 Å². The molecule has 0 spiro atoms. The van der Waals surface area contributed by atoms with Crippen LogP contribution in [-0.2, 0) is 11.2 Å². The van der Waals surface area contributed by atoms with Crippen molar-refractivity contribution in [2.24, 2.45) is 0 Å². The maximum atomic E-state index is 12.1. The number of hydrogen-bond donors (Lipinski definition) is 2. The molecule has 1 aromatic carbocycles. The molecule has 0 unspecified atom stereocenters. The molecule has 2 rings (SSSR count). The largest absolute Gasteiger partial charge is 0.422 e. The van der Waals surface area contributed by atoms with Gasteiger partial charge in [-0.1, -0.05) is 0 Å². The van der Waals surface area contributed by atoms with Gasteiger partial charge in [0.05, 0.1) is 12.0 Å². The van der Waals surface area contributed by atoms with E-state index in [1.54, 1.807) is 18.2 Å². The molecule has 1 amide bonds. The van der Waals surface area contributed by atoms with Crippen LogP contribution in [0.3, 0.4) is 0 Å². The zero-order valence-corrected chi connectivity index (χ0v) is 12.7. The molecule has 0 saturated heterocycles. The van der Waals surface area contributed by atoms with Crippen LogP contribution in [0.5, 0.6) is 0 Å². The fraction of sp³-hybridized carbons (Fsp3) is 0.375. The average molecular weight is 288 g/mol. The van der Waals surface area contributed by atoms with Crippen molar-refractivity contribution < 1.29 is 9.21 Å². The summed E-state index contributed by atoms with van der Waals surface area (Å²) in [5.41, 5.74) is 6.97. The number of nitrogen functional groups attached to an aromatic ring is 1. The lowest BCUT2D eigenvalue weighted by molar-refractivity contribution is -0.121. The highest BCUT2D eigenvalue weighted by atomic mass is 16.4. The minimum atomic E-state index is -0.491. The number of rotatable bonds is 2. The van der Waals surface area contributed by atoms with Crippen LogP contribution in [0.4, 0.5) is 5.69 Å². The highest BCUT2D eigenvalue weighted by Crippen LogP contribution is 2.21. The number of carbonyl (C=O) groups is 1. The third-order valence-electron chi connectivity index (χ3n) is 3.16. The molecule has 1 aromatic heterocycles. The SMILES string of the molecule is Cc1c(CC(=O)NC(C)(C)C)c(=O)oc2cc(N)ccc12. The van der Waals surface area contributed by atoms with Crippen molar-refractivity contribution >= 4 is 22.6 Å². The molecule has 1 heterocycles. The number of nitrogens with one attached hydrogen (secondary N) is 1. The van der Waals surface area contributed by atoms with Crippen LogP contribution in [0.15, 0.2) is 27.4 Å². The molecule has 5 heteroatoms. The van der Waals surface area contributed by atoms with Gasteiger partial charge in [0.1, 0.15) is 5.58 Å². The van der Waals surface area contributed by atoms with Crippen molar-refractivity contribution in [3.63, 3.8) is 0 Å². The Morgan fingerprint density at radius 2 is 2.00 bits per heavy atom. The molecule has 0 atom stereocenters. The third kappa shape index (κ3) is 3.42. The predicted molar refractivity (Wildman–Crippen MR) is 83.2 cm³/mol. The molecule has 0 aliphatic rings. The van der Waals surface area contributed by atoms with E-state index in [2.05, 4.69) is 5.32 Å². The molecule has 0 fully saturated rings. The van der Waals surface area contributed by atoms with Gasteiger partial charge in [-0.25, -0.2) is 4.79 Å². The first-order chi connectivity index (χ1) is 9.67. The van der Waals surface area contributed by atoms with Crippen molar-refractivity contribution in [1.29, 1.82) is 0 Å². The van der Waals surface area contributed by atoms with E-state index in [9.17, 15) is 9.59 Å². The predicted octanol–water partition coefficient (Wildman–Crippen LogP) is 2.14. The molecule has 2 aromatic rings. The van der Waals surface area contributed by atoms with Gasteiger partial charge in [-0.2, -0.15) is 0 Å². The van der Waals surface area contributed by atoms with Crippen LogP contribution >= 0.6 is 0 Å². The van der Waals surface area contributed by atoms with E-state index in [1.807, 2.05) is 27.7 Å². The topological polar surface area (TPSA) is 85.3 Å². The van der Waals surface area contributed by atoms with Crippen molar-refractivity contribution in [3.05, 3.63) is 39.7 Å². The number of fused-ring (bicyclic) bond motifs is 1. The first-order valence-corrected chi connectivity index (χ1v) is 6.80. The second-order valence-corrected chi connectivity index (χ2v) is 6.22. The highest BCUT2D eigenvalue weighted by molar-refractivity contribution is 5.86. The number of nitrogens with two attached hydrogens (primary N) is 1. The normalized spacial score (nSPS) is 11.6. The lowest BCUT2D eigenvalue weighted by Crippen LogP contribution is -2.42. The summed E-state index contributed by atoms with van der Waals surface area (Å²) in [5.74, 6) is -0.201. The van der Waals surface area contributed by atoms with Crippen LogP contribution in [-0.4, -0.2) is 11.4 Å². The molecule has 0 radical (unpaired) electrons. The minimum Gasteiger partial charge on any atom is -0.422 e. The van der Waals surface area contributed by atoms with E-state index in [4.69, 9.17) is 10.2 Å². The van der Waals surface area contributed by atoms with Crippen LogP contribution in [0.2, 0.25) is 0 Å². The Bertz CT molecular complexity index is 754. The summed E-state index contributed by atoms with van der Waals surface area (Å²) in [5, 5.41) is 3.63. The number of hydrogen-bond acceptors (Lipinski definition) is 4. The van der Waals surface area contributed by atoms with Gasteiger partial charge in [0.25, 0.3) is 0 Å². The van der Waals surface area contributed by atoms with Gasteiger partial charge in [0.15, 0.2) is 0 Å². The molecule has 21 heavy (non-hydrogen) atoms. The first kappa shape index (κ1) is 15.1. The molecule has 112 valence electrons. The van der Waals surface area contributed by atoms with Crippen molar-refractivity contribution in [3.8, 4) is 0 Å². The fourth-order valence-corrected chi connectivity index (χ4v) is 2.24. The van der Waals surface area contributed by atoms with Crippen molar-refractivity contribution in [1.82, 2.24) is 5.32 Å². The number of carbonyl (C=O) groups excluding carboxylic acids is 1. The van der Waals surface area contributed by atoms with Gasteiger partial charge < -0.3 is 15.5 Å². The summed E-state index contributed by atoms with van der Waals surface area (Å²) in [4.78, 5) is 24.1. The fourth-order valence-electron chi connectivity index (χ4n) is 2.24. The third-order valence-corrected chi connectivity index (χ3v) is 3.16. The Morgan fingerprint density at radius 1 is 1.33 bits per heavy atom. The summed E-state index contributed by atoms with van der Waals surface area (Å²) in [7, 11) is 0.